The Hall–Kier alpha value is -1.52. The Balaban J connectivity index is 3.38. The number of hydrogen-bond acceptors (Lipinski definition) is 2. The molecule has 0 aliphatic rings. The molecular formula is C11H20N2O3. The molecule has 0 aromatic rings. The molecule has 0 aromatic carbocycles. The smallest absolute Gasteiger partial charge is 0.314 e. The zero-order valence-corrected chi connectivity index (χ0v) is 9.88. The first-order chi connectivity index (χ1) is 7.52. The molecule has 0 unspecified atom stereocenters. The zero-order chi connectivity index (χ0) is 12.4. The number of amides is 2. The first kappa shape index (κ1) is 14.5. The summed E-state index contributed by atoms with van der Waals surface area (Å²) in [5, 5.41) is 13.6. The lowest BCUT2D eigenvalue weighted by Gasteiger charge is -2.05. The molecule has 5 heteroatoms. The van der Waals surface area contributed by atoms with Crippen molar-refractivity contribution in [3.05, 3.63) is 11.6 Å². The van der Waals surface area contributed by atoms with Crippen LogP contribution in [0.5, 0.6) is 0 Å². The fourth-order valence-corrected chi connectivity index (χ4v) is 1.05. The van der Waals surface area contributed by atoms with Crippen molar-refractivity contribution < 1.29 is 14.7 Å². The van der Waals surface area contributed by atoms with E-state index in [-0.39, 0.29) is 12.5 Å². The van der Waals surface area contributed by atoms with Crippen LogP contribution in [0.1, 0.15) is 33.1 Å². The predicted molar refractivity (Wildman–Crippen MR) is 62.3 cm³/mol. The van der Waals surface area contributed by atoms with Crippen LogP contribution in [0.25, 0.3) is 0 Å². The van der Waals surface area contributed by atoms with Gasteiger partial charge in [0.1, 0.15) is 0 Å². The molecular weight excluding hydrogens is 208 g/mol. The fraction of sp³-hybridized carbons (Fsp3) is 0.636. The Labute approximate surface area is 95.9 Å². The number of carbonyl (C=O) groups excluding carboxylic acids is 1. The van der Waals surface area contributed by atoms with E-state index in [0.29, 0.717) is 19.5 Å². The molecule has 16 heavy (non-hydrogen) atoms. The predicted octanol–water partition coefficient (Wildman–Crippen LogP) is 1.51. The largest absolute Gasteiger partial charge is 0.481 e. The van der Waals surface area contributed by atoms with Gasteiger partial charge in [-0.15, -0.1) is 0 Å². The highest BCUT2D eigenvalue weighted by Gasteiger charge is 1.99. The Morgan fingerprint density at radius 3 is 2.38 bits per heavy atom. The van der Waals surface area contributed by atoms with Crippen LogP contribution in [0.4, 0.5) is 4.79 Å². The van der Waals surface area contributed by atoms with Crippen molar-refractivity contribution in [2.75, 3.05) is 13.1 Å². The SMILES string of the molecule is CC(C)=CCCNC(=O)NCCCC(=O)O. The summed E-state index contributed by atoms with van der Waals surface area (Å²) in [5.74, 6) is -0.842. The standard InChI is InChI=1S/C11H20N2O3/c1-9(2)5-3-7-12-11(16)13-8-4-6-10(14)15/h5H,3-4,6-8H2,1-2H3,(H,14,15)(H2,12,13,16). The average molecular weight is 228 g/mol. The first-order valence-corrected chi connectivity index (χ1v) is 5.39. The lowest BCUT2D eigenvalue weighted by Crippen LogP contribution is -2.36. The van der Waals surface area contributed by atoms with Gasteiger partial charge in [-0.05, 0) is 26.7 Å². The van der Waals surface area contributed by atoms with Gasteiger partial charge in [0.05, 0.1) is 0 Å². The van der Waals surface area contributed by atoms with E-state index in [0.717, 1.165) is 6.42 Å². The van der Waals surface area contributed by atoms with Crippen molar-refractivity contribution in [3.8, 4) is 0 Å². The van der Waals surface area contributed by atoms with E-state index in [1.54, 1.807) is 0 Å². The van der Waals surface area contributed by atoms with Crippen molar-refractivity contribution in [1.29, 1.82) is 0 Å². The molecule has 2 amide bonds. The molecule has 0 saturated carbocycles. The van der Waals surface area contributed by atoms with Crippen LogP contribution in [0.2, 0.25) is 0 Å². The maximum Gasteiger partial charge on any atom is 0.314 e. The van der Waals surface area contributed by atoms with Gasteiger partial charge in [-0.25, -0.2) is 4.79 Å². The van der Waals surface area contributed by atoms with Crippen molar-refractivity contribution in [2.45, 2.75) is 33.1 Å². The van der Waals surface area contributed by atoms with E-state index in [2.05, 4.69) is 10.6 Å². The van der Waals surface area contributed by atoms with E-state index in [1.165, 1.54) is 5.57 Å². The van der Waals surface area contributed by atoms with Crippen LogP contribution >= 0.6 is 0 Å². The first-order valence-electron chi connectivity index (χ1n) is 5.39. The van der Waals surface area contributed by atoms with Crippen LogP contribution in [0.15, 0.2) is 11.6 Å². The number of carboxylic acids is 1. The van der Waals surface area contributed by atoms with E-state index < -0.39 is 5.97 Å². The lowest BCUT2D eigenvalue weighted by atomic mass is 10.3. The molecule has 0 rings (SSSR count). The summed E-state index contributed by atoms with van der Waals surface area (Å²) in [5.41, 5.74) is 1.23. The van der Waals surface area contributed by atoms with E-state index in [9.17, 15) is 9.59 Å². The Morgan fingerprint density at radius 1 is 1.19 bits per heavy atom. The highest BCUT2D eigenvalue weighted by molar-refractivity contribution is 5.73. The molecule has 0 heterocycles. The fourth-order valence-electron chi connectivity index (χ4n) is 1.05. The van der Waals surface area contributed by atoms with Crippen LogP contribution < -0.4 is 10.6 Å². The van der Waals surface area contributed by atoms with Crippen molar-refractivity contribution in [3.63, 3.8) is 0 Å². The maximum atomic E-state index is 11.1. The van der Waals surface area contributed by atoms with Gasteiger partial charge in [0.25, 0.3) is 0 Å². The zero-order valence-electron chi connectivity index (χ0n) is 9.88. The molecule has 0 bridgehead atoms. The summed E-state index contributed by atoms with van der Waals surface area (Å²) in [7, 11) is 0. The quantitative estimate of drug-likeness (QED) is 0.456. The highest BCUT2D eigenvalue weighted by Crippen LogP contribution is 1.91. The summed E-state index contributed by atoms with van der Waals surface area (Å²) >= 11 is 0. The van der Waals surface area contributed by atoms with Crippen molar-refractivity contribution in [2.24, 2.45) is 0 Å². The molecule has 0 radical (unpaired) electrons. The van der Waals surface area contributed by atoms with Crippen LogP contribution in [0.3, 0.4) is 0 Å². The van der Waals surface area contributed by atoms with Gasteiger partial charge in [0.2, 0.25) is 0 Å². The lowest BCUT2D eigenvalue weighted by molar-refractivity contribution is -0.137. The second-order valence-corrected chi connectivity index (χ2v) is 3.75. The number of hydrogen-bond donors (Lipinski definition) is 3. The third kappa shape index (κ3) is 10.6. The van der Waals surface area contributed by atoms with Crippen LogP contribution in [0, 0.1) is 0 Å². The molecule has 0 fully saturated rings. The summed E-state index contributed by atoms with van der Waals surface area (Å²) < 4.78 is 0. The van der Waals surface area contributed by atoms with Crippen LogP contribution in [-0.2, 0) is 4.79 Å². The number of nitrogens with one attached hydrogen (secondary N) is 2. The third-order valence-corrected chi connectivity index (χ3v) is 1.84. The molecule has 0 spiro atoms. The summed E-state index contributed by atoms with van der Waals surface area (Å²) in [6, 6.07) is -0.243. The molecule has 0 saturated heterocycles. The Kier molecular flexibility index (Phi) is 7.93. The Morgan fingerprint density at radius 2 is 1.81 bits per heavy atom. The summed E-state index contributed by atoms with van der Waals surface area (Å²) in [6.07, 6.45) is 3.39. The van der Waals surface area contributed by atoms with Gasteiger partial charge in [0, 0.05) is 19.5 Å². The van der Waals surface area contributed by atoms with Gasteiger partial charge in [-0.2, -0.15) is 0 Å². The maximum absolute atomic E-state index is 11.1. The number of rotatable bonds is 7. The van der Waals surface area contributed by atoms with Gasteiger partial charge < -0.3 is 15.7 Å². The minimum absolute atomic E-state index is 0.0814. The molecule has 3 N–H and O–H groups in total. The molecule has 5 nitrogen and oxygen atoms in total. The normalized spacial score (nSPS) is 9.38. The van der Waals surface area contributed by atoms with Gasteiger partial charge >= 0.3 is 12.0 Å². The van der Waals surface area contributed by atoms with Gasteiger partial charge in [0.15, 0.2) is 0 Å². The van der Waals surface area contributed by atoms with Gasteiger partial charge in [-0.1, -0.05) is 11.6 Å². The summed E-state index contributed by atoms with van der Waals surface area (Å²) in [4.78, 5) is 21.3. The molecule has 0 aromatic heterocycles. The Bertz CT molecular complexity index is 258. The molecule has 0 aliphatic carbocycles. The second kappa shape index (κ2) is 8.76. The monoisotopic (exact) mass is 228 g/mol. The number of carbonyl (C=O) groups is 2. The minimum Gasteiger partial charge on any atom is -0.481 e. The number of allylic oxidation sites excluding steroid dienone is 1. The number of carboxylic acid groups (broad SMARTS) is 1. The number of aliphatic carboxylic acids is 1. The molecule has 0 atom stereocenters. The van der Waals surface area contributed by atoms with E-state index in [4.69, 9.17) is 5.11 Å². The van der Waals surface area contributed by atoms with E-state index in [1.807, 2.05) is 19.9 Å². The van der Waals surface area contributed by atoms with Gasteiger partial charge in [-0.3, -0.25) is 4.79 Å². The minimum atomic E-state index is -0.842. The molecule has 92 valence electrons. The topological polar surface area (TPSA) is 78.4 Å². The van der Waals surface area contributed by atoms with Crippen molar-refractivity contribution in [1.82, 2.24) is 10.6 Å². The second-order valence-electron chi connectivity index (χ2n) is 3.75. The van der Waals surface area contributed by atoms with E-state index >= 15 is 0 Å². The third-order valence-electron chi connectivity index (χ3n) is 1.84. The highest BCUT2D eigenvalue weighted by atomic mass is 16.4. The number of urea groups is 1. The average Bonchev–Trinajstić information content (AvgIpc) is 2.19. The van der Waals surface area contributed by atoms with Crippen LogP contribution in [-0.4, -0.2) is 30.2 Å². The molecule has 0 aliphatic heterocycles. The summed E-state index contributed by atoms with van der Waals surface area (Å²) in [6.45, 7) is 4.99. The van der Waals surface area contributed by atoms with Crippen molar-refractivity contribution >= 4 is 12.0 Å².